The summed E-state index contributed by atoms with van der Waals surface area (Å²) in [4.78, 5) is 24.1. The van der Waals surface area contributed by atoms with Crippen LogP contribution in [0.25, 0.3) is 0 Å². The number of aryl methyl sites for hydroxylation is 1. The van der Waals surface area contributed by atoms with Crippen LogP contribution in [0.3, 0.4) is 0 Å². The van der Waals surface area contributed by atoms with Crippen molar-refractivity contribution < 1.29 is 26.9 Å². The van der Waals surface area contributed by atoms with Crippen molar-refractivity contribution >= 4 is 22.0 Å². The second-order valence-corrected chi connectivity index (χ2v) is 9.47. The van der Waals surface area contributed by atoms with Gasteiger partial charge in [0.2, 0.25) is 5.91 Å². The molecule has 3 rings (SSSR count). The molecule has 0 spiro atoms. The van der Waals surface area contributed by atoms with Crippen LogP contribution in [0.1, 0.15) is 23.6 Å². The maximum atomic E-state index is 12.7. The van der Waals surface area contributed by atoms with Gasteiger partial charge in [-0.2, -0.15) is 8.42 Å². The Morgan fingerprint density at radius 3 is 2.15 bits per heavy atom. The molecule has 0 saturated heterocycles. The topological polar surface area (TPSA) is 98.8 Å². The normalized spacial score (nSPS) is 11.9. The third-order valence-corrected chi connectivity index (χ3v) is 6.34. The summed E-state index contributed by atoms with van der Waals surface area (Å²) in [6.07, 6.45) is 0.304. The highest BCUT2D eigenvalue weighted by atomic mass is 32.2. The molecular formula is C26H27NO6S. The Hall–Kier alpha value is -3.65. The lowest BCUT2D eigenvalue weighted by Crippen LogP contribution is -2.33. The van der Waals surface area contributed by atoms with Gasteiger partial charge >= 0.3 is 16.1 Å². The highest BCUT2D eigenvalue weighted by molar-refractivity contribution is 7.87. The summed E-state index contributed by atoms with van der Waals surface area (Å²) in [6, 6.07) is 22.1. The predicted molar refractivity (Wildman–Crippen MR) is 128 cm³/mol. The van der Waals surface area contributed by atoms with Gasteiger partial charge in [-0.15, -0.1) is 0 Å². The molecule has 1 N–H and O–H groups in total. The first kappa shape index (κ1) is 25.0. The highest BCUT2D eigenvalue weighted by Crippen LogP contribution is 2.21. The van der Waals surface area contributed by atoms with Crippen molar-refractivity contribution in [2.75, 3.05) is 6.54 Å². The number of rotatable bonds is 10. The Labute approximate surface area is 199 Å². The van der Waals surface area contributed by atoms with E-state index >= 15 is 0 Å². The quantitative estimate of drug-likeness (QED) is 0.349. The molecule has 1 amide bonds. The summed E-state index contributed by atoms with van der Waals surface area (Å²) in [5.41, 5.74) is 2.58. The highest BCUT2D eigenvalue weighted by Gasteiger charge is 2.22. The van der Waals surface area contributed by atoms with Crippen LogP contribution in [-0.4, -0.2) is 26.8 Å². The molecular weight excluding hydrogens is 454 g/mol. The maximum absolute atomic E-state index is 12.7. The van der Waals surface area contributed by atoms with E-state index in [-0.39, 0.29) is 29.7 Å². The molecule has 0 heterocycles. The van der Waals surface area contributed by atoms with E-state index in [2.05, 4.69) is 5.32 Å². The molecule has 34 heavy (non-hydrogen) atoms. The van der Waals surface area contributed by atoms with Gasteiger partial charge in [-0.05, 0) is 48.7 Å². The largest absolute Gasteiger partial charge is 0.461 e. The minimum absolute atomic E-state index is 0.0682. The van der Waals surface area contributed by atoms with E-state index in [1.165, 1.54) is 31.2 Å². The molecule has 0 aliphatic rings. The van der Waals surface area contributed by atoms with Crippen LogP contribution in [0.15, 0.2) is 83.8 Å². The van der Waals surface area contributed by atoms with Crippen LogP contribution in [0.4, 0.5) is 0 Å². The number of amides is 1. The molecule has 0 aliphatic carbocycles. The Kier molecular flexibility index (Phi) is 8.43. The van der Waals surface area contributed by atoms with Gasteiger partial charge in [-0.25, -0.2) is 0 Å². The molecule has 3 aromatic rings. The fourth-order valence-electron chi connectivity index (χ4n) is 3.20. The van der Waals surface area contributed by atoms with Gasteiger partial charge in [0.25, 0.3) is 0 Å². The van der Waals surface area contributed by atoms with Crippen molar-refractivity contribution in [2.24, 2.45) is 5.92 Å². The Morgan fingerprint density at radius 1 is 0.882 bits per heavy atom. The van der Waals surface area contributed by atoms with Crippen molar-refractivity contribution in [2.45, 2.75) is 31.8 Å². The van der Waals surface area contributed by atoms with Crippen LogP contribution >= 0.6 is 0 Å². The zero-order valence-electron chi connectivity index (χ0n) is 19.1. The zero-order chi connectivity index (χ0) is 24.6. The predicted octanol–water partition coefficient (Wildman–Crippen LogP) is 3.80. The number of nitrogens with one attached hydrogen (secondary N) is 1. The molecule has 1 unspecified atom stereocenters. The number of carbonyl (C=O) groups excluding carboxylic acids is 2. The number of hydrogen-bond acceptors (Lipinski definition) is 6. The van der Waals surface area contributed by atoms with Gasteiger partial charge in [0.1, 0.15) is 17.3 Å². The van der Waals surface area contributed by atoms with Gasteiger partial charge in [0.05, 0.1) is 5.92 Å². The molecule has 7 nitrogen and oxygen atoms in total. The number of hydrogen-bond donors (Lipinski definition) is 1. The number of esters is 1. The summed E-state index contributed by atoms with van der Waals surface area (Å²) >= 11 is 0. The molecule has 0 aliphatic heterocycles. The third kappa shape index (κ3) is 7.45. The molecule has 1 atom stereocenters. The minimum atomic E-state index is -3.95. The molecule has 0 fully saturated rings. The number of benzene rings is 3. The van der Waals surface area contributed by atoms with Crippen molar-refractivity contribution in [1.82, 2.24) is 5.32 Å². The van der Waals surface area contributed by atoms with E-state index in [4.69, 9.17) is 8.92 Å². The lowest BCUT2D eigenvalue weighted by atomic mass is 9.99. The summed E-state index contributed by atoms with van der Waals surface area (Å²) in [5, 5.41) is 2.67. The SMILES string of the molecule is CC(=O)NCC(Cc1ccc(OS(=O)(=O)c2ccc(C)cc2)cc1)C(=O)OCc1ccccc1. The standard InChI is InChI=1S/C26H27NO6S/c1-19-8-14-25(15-9-19)34(30,31)33-24-12-10-21(11-13-24)16-23(17-27-20(2)28)26(29)32-18-22-6-4-3-5-7-22/h3-15,23H,16-18H2,1-2H3,(H,27,28). The van der Waals surface area contributed by atoms with Crippen molar-refractivity contribution in [3.8, 4) is 5.75 Å². The molecule has 0 bridgehead atoms. The molecule has 0 aromatic heterocycles. The van der Waals surface area contributed by atoms with Gasteiger partial charge in [0.15, 0.2) is 0 Å². The smallest absolute Gasteiger partial charge is 0.339 e. The van der Waals surface area contributed by atoms with Gasteiger partial charge in [-0.3, -0.25) is 9.59 Å². The number of ether oxygens (including phenoxy) is 1. The molecule has 8 heteroatoms. The first-order chi connectivity index (χ1) is 16.2. The summed E-state index contributed by atoms with van der Waals surface area (Å²) < 4.78 is 35.6. The Bertz CT molecular complexity index is 1210. The van der Waals surface area contributed by atoms with Crippen LogP contribution in [0.5, 0.6) is 5.75 Å². The van der Waals surface area contributed by atoms with Crippen LogP contribution < -0.4 is 9.50 Å². The molecule has 3 aromatic carbocycles. The lowest BCUT2D eigenvalue weighted by molar-refractivity contribution is -0.149. The van der Waals surface area contributed by atoms with Crippen LogP contribution in [-0.2, 0) is 37.5 Å². The van der Waals surface area contributed by atoms with E-state index in [0.29, 0.717) is 6.42 Å². The van der Waals surface area contributed by atoms with Crippen molar-refractivity contribution in [1.29, 1.82) is 0 Å². The van der Waals surface area contributed by atoms with Crippen LogP contribution in [0.2, 0.25) is 0 Å². The maximum Gasteiger partial charge on any atom is 0.339 e. The first-order valence-electron chi connectivity index (χ1n) is 10.8. The van der Waals surface area contributed by atoms with E-state index in [9.17, 15) is 18.0 Å². The van der Waals surface area contributed by atoms with Crippen molar-refractivity contribution in [3.05, 3.63) is 95.6 Å². The fourth-order valence-corrected chi connectivity index (χ4v) is 4.13. The van der Waals surface area contributed by atoms with Crippen molar-refractivity contribution in [3.63, 3.8) is 0 Å². The summed E-state index contributed by atoms with van der Waals surface area (Å²) in [6.45, 7) is 3.52. The number of carbonyl (C=O) groups is 2. The average Bonchev–Trinajstić information content (AvgIpc) is 2.82. The van der Waals surface area contributed by atoms with Gasteiger partial charge in [0, 0.05) is 13.5 Å². The third-order valence-electron chi connectivity index (χ3n) is 5.08. The van der Waals surface area contributed by atoms with E-state index in [0.717, 1.165) is 16.7 Å². The zero-order valence-corrected chi connectivity index (χ0v) is 19.9. The average molecular weight is 482 g/mol. The van der Waals surface area contributed by atoms with Gasteiger partial charge in [-0.1, -0.05) is 60.2 Å². The summed E-state index contributed by atoms with van der Waals surface area (Å²) in [7, 11) is -3.95. The van der Waals surface area contributed by atoms with Gasteiger partial charge < -0.3 is 14.2 Å². The Balaban J connectivity index is 1.65. The molecule has 178 valence electrons. The molecule has 0 saturated carbocycles. The fraction of sp³-hybridized carbons (Fsp3) is 0.231. The minimum Gasteiger partial charge on any atom is -0.461 e. The van der Waals surface area contributed by atoms with E-state index in [1.807, 2.05) is 37.3 Å². The van der Waals surface area contributed by atoms with Crippen LogP contribution in [0, 0.1) is 12.8 Å². The van der Waals surface area contributed by atoms with E-state index in [1.54, 1.807) is 24.3 Å². The Morgan fingerprint density at radius 2 is 1.53 bits per heavy atom. The first-order valence-corrected chi connectivity index (χ1v) is 12.2. The van der Waals surface area contributed by atoms with E-state index < -0.39 is 22.0 Å². The second kappa shape index (κ2) is 11.5. The second-order valence-electron chi connectivity index (χ2n) is 7.93. The lowest BCUT2D eigenvalue weighted by Gasteiger charge is -2.17. The summed E-state index contributed by atoms with van der Waals surface area (Å²) in [5.74, 6) is -1.11. The monoisotopic (exact) mass is 481 g/mol. The molecule has 0 radical (unpaired) electrons.